The number of benzene rings is 1. The van der Waals surface area contributed by atoms with Crippen LogP contribution in [0.25, 0.3) is 0 Å². The van der Waals surface area contributed by atoms with Crippen LogP contribution in [-0.4, -0.2) is 12.9 Å². The van der Waals surface area contributed by atoms with Gasteiger partial charge in [-0.25, -0.2) is 0 Å². The van der Waals surface area contributed by atoms with E-state index in [1.807, 2.05) is 24.3 Å². The molecule has 19 heavy (non-hydrogen) atoms. The molecule has 0 radical (unpaired) electrons. The van der Waals surface area contributed by atoms with Crippen molar-refractivity contribution in [2.75, 3.05) is 7.11 Å². The molecular weight excluding hydrogens is 236 g/mol. The molecule has 1 rings (SSSR count). The Bertz CT molecular complexity index is 385. The lowest BCUT2D eigenvalue weighted by molar-refractivity contribution is -0.119. The van der Waals surface area contributed by atoms with Gasteiger partial charge < -0.3 is 4.74 Å². The molecular formula is C17H26O2. The van der Waals surface area contributed by atoms with Gasteiger partial charge in [-0.05, 0) is 42.4 Å². The van der Waals surface area contributed by atoms with Gasteiger partial charge in [0.2, 0.25) is 0 Å². The van der Waals surface area contributed by atoms with Crippen molar-refractivity contribution in [1.29, 1.82) is 0 Å². The molecule has 0 spiro atoms. The van der Waals surface area contributed by atoms with Crippen LogP contribution in [0.15, 0.2) is 24.3 Å². The highest BCUT2D eigenvalue weighted by atomic mass is 16.5. The molecule has 0 bridgehead atoms. The molecule has 0 saturated carbocycles. The van der Waals surface area contributed by atoms with Crippen LogP contribution in [0.4, 0.5) is 0 Å². The lowest BCUT2D eigenvalue weighted by atomic mass is 9.89. The number of hydrogen-bond donors (Lipinski definition) is 0. The summed E-state index contributed by atoms with van der Waals surface area (Å²) in [5.41, 5.74) is 1.53. The number of carbonyl (C=O) groups excluding carboxylic acids is 1. The van der Waals surface area contributed by atoms with E-state index in [4.69, 9.17) is 4.74 Å². The van der Waals surface area contributed by atoms with Crippen molar-refractivity contribution >= 4 is 5.78 Å². The highest BCUT2D eigenvalue weighted by Gasteiger charge is 2.11. The van der Waals surface area contributed by atoms with E-state index in [0.29, 0.717) is 24.0 Å². The van der Waals surface area contributed by atoms with Crippen LogP contribution in [0.2, 0.25) is 0 Å². The predicted molar refractivity (Wildman–Crippen MR) is 79.6 cm³/mol. The standard InChI is InChI=1S/C17H26O2/c1-17(2,3)13-5-6-15(18)10-7-14-8-11-16(19-4)12-9-14/h8-9,11-12H,5-7,10,13H2,1-4H3. The fourth-order valence-electron chi connectivity index (χ4n) is 2.02. The molecule has 0 heterocycles. The first-order valence-corrected chi connectivity index (χ1v) is 7.05. The van der Waals surface area contributed by atoms with Crippen molar-refractivity contribution in [2.45, 2.75) is 52.9 Å². The first-order valence-electron chi connectivity index (χ1n) is 7.05. The van der Waals surface area contributed by atoms with Gasteiger partial charge in [-0.15, -0.1) is 0 Å². The summed E-state index contributed by atoms with van der Waals surface area (Å²) in [6, 6.07) is 7.95. The Labute approximate surface area is 117 Å². The van der Waals surface area contributed by atoms with E-state index >= 15 is 0 Å². The van der Waals surface area contributed by atoms with Crippen molar-refractivity contribution in [3.63, 3.8) is 0 Å². The van der Waals surface area contributed by atoms with Crippen LogP contribution in [0, 0.1) is 5.41 Å². The molecule has 0 aromatic heterocycles. The largest absolute Gasteiger partial charge is 0.497 e. The van der Waals surface area contributed by atoms with Gasteiger partial charge in [0.1, 0.15) is 11.5 Å². The van der Waals surface area contributed by atoms with Crippen LogP contribution in [0.5, 0.6) is 5.75 Å². The maximum atomic E-state index is 11.8. The van der Waals surface area contributed by atoms with Gasteiger partial charge in [0.25, 0.3) is 0 Å². The summed E-state index contributed by atoms with van der Waals surface area (Å²) in [5.74, 6) is 1.24. The van der Waals surface area contributed by atoms with Gasteiger partial charge in [0, 0.05) is 12.8 Å². The van der Waals surface area contributed by atoms with Crippen LogP contribution in [-0.2, 0) is 11.2 Å². The minimum absolute atomic E-state index is 0.330. The van der Waals surface area contributed by atoms with Crippen molar-refractivity contribution in [2.24, 2.45) is 5.41 Å². The number of aryl methyl sites for hydroxylation is 1. The predicted octanol–water partition coefficient (Wildman–Crippen LogP) is 4.41. The van der Waals surface area contributed by atoms with E-state index < -0.39 is 0 Å². The van der Waals surface area contributed by atoms with Crippen molar-refractivity contribution in [1.82, 2.24) is 0 Å². The van der Waals surface area contributed by atoms with E-state index in [-0.39, 0.29) is 0 Å². The van der Waals surface area contributed by atoms with Crippen LogP contribution < -0.4 is 4.74 Å². The second kappa shape index (κ2) is 7.32. The summed E-state index contributed by atoms with van der Waals surface area (Å²) in [4.78, 5) is 11.8. The first-order chi connectivity index (χ1) is 8.90. The third-order valence-corrected chi connectivity index (χ3v) is 3.23. The van der Waals surface area contributed by atoms with E-state index in [9.17, 15) is 4.79 Å². The van der Waals surface area contributed by atoms with Gasteiger partial charge in [-0.2, -0.15) is 0 Å². The number of carbonyl (C=O) groups is 1. The van der Waals surface area contributed by atoms with Gasteiger partial charge >= 0.3 is 0 Å². The van der Waals surface area contributed by atoms with E-state index in [1.165, 1.54) is 5.56 Å². The fourth-order valence-corrected chi connectivity index (χ4v) is 2.02. The van der Waals surface area contributed by atoms with Gasteiger partial charge in [0.15, 0.2) is 0 Å². The van der Waals surface area contributed by atoms with Crippen molar-refractivity contribution < 1.29 is 9.53 Å². The minimum Gasteiger partial charge on any atom is -0.497 e. The maximum Gasteiger partial charge on any atom is 0.133 e. The Morgan fingerprint density at radius 1 is 1.11 bits per heavy atom. The maximum absolute atomic E-state index is 11.8. The molecule has 0 aliphatic heterocycles. The van der Waals surface area contributed by atoms with Crippen LogP contribution in [0.3, 0.4) is 0 Å². The average molecular weight is 262 g/mol. The quantitative estimate of drug-likeness (QED) is 0.727. The van der Waals surface area contributed by atoms with Crippen LogP contribution >= 0.6 is 0 Å². The highest BCUT2D eigenvalue weighted by molar-refractivity contribution is 5.78. The molecule has 0 amide bonds. The average Bonchev–Trinajstić information content (AvgIpc) is 2.35. The minimum atomic E-state index is 0.330. The number of hydrogen-bond acceptors (Lipinski definition) is 2. The van der Waals surface area contributed by atoms with Crippen LogP contribution in [0.1, 0.15) is 52.0 Å². The SMILES string of the molecule is COc1ccc(CCC(=O)CCCC(C)(C)C)cc1. The summed E-state index contributed by atoms with van der Waals surface area (Å²) >= 11 is 0. The lowest BCUT2D eigenvalue weighted by Crippen LogP contribution is -2.07. The number of ether oxygens (including phenoxy) is 1. The Morgan fingerprint density at radius 3 is 2.26 bits per heavy atom. The molecule has 2 heteroatoms. The third-order valence-electron chi connectivity index (χ3n) is 3.23. The second-order valence-electron chi connectivity index (χ2n) is 6.30. The molecule has 0 atom stereocenters. The van der Waals surface area contributed by atoms with Gasteiger partial charge in [-0.1, -0.05) is 32.9 Å². The fraction of sp³-hybridized carbons (Fsp3) is 0.588. The van der Waals surface area contributed by atoms with Gasteiger partial charge in [0.05, 0.1) is 7.11 Å². The molecule has 0 aliphatic rings. The molecule has 0 N–H and O–H groups in total. The van der Waals surface area contributed by atoms with Crippen molar-refractivity contribution in [3.05, 3.63) is 29.8 Å². The Balaban J connectivity index is 2.26. The number of rotatable bonds is 7. The molecule has 1 aromatic carbocycles. The normalized spacial score (nSPS) is 11.4. The number of ketones is 1. The summed E-state index contributed by atoms with van der Waals surface area (Å²) in [7, 11) is 1.66. The summed E-state index contributed by atoms with van der Waals surface area (Å²) < 4.78 is 5.11. The highest BCUT2D eigenvalue weighted by Crippen LogP contribution is 2.22. The Morgan fingerprint density at radius 2 is 1.74 bits per heavy atom. The molecule has 0 unspecified atom stereocenters. The van der Waals surface area contributed by atoms with Crippen molar-refractivity contribution in [3.8, 4) is 5.75 Å². The summed E-state index contributed by atoms with van der Waals surface area (Å²) in [6.45, 7) is 6.65. The molecule has 2 nitrogen and oxygen atoms in total. The van der Waals surface area contributed by atoms with E-state index in [1.54, 1.807) is 7.11 Å². The zero-order valence-corrected chi connectivity index (χ0v) is 12.7. The zero-order valence-electron chi connectivity index (χ0n) is 12.7. The molecule has 0 fully saturated rings. The van der Waals surface area contributed by atoms with E-state index in [2.05, 4.69) is 20.8 Å². The monoisotopic (exact) mass is 262 g/mol. The second-order valence-corrected chi connectivity index (χ2v) is 6.30. The number of Topliss-reactive ketones (excluding diaryl/α,β-unsaturated/α-hetero) is 1. The molecule has 106 valence electrons. The topological polar surface area (TPSA) is 26.3 Å². The third kappa shape index (κ3) is 7.00. The molecule has 0 aliphatic carbocycles. The zero-order chi connectivity index (χ0) is 14.3. The number of methoxy groups -OCH3 is 1. The first kappa shape index (κ1) is 15.7. The smallest absolute Gasteiger partial charge is 0.133 e. The summed E-state index contributed by atoms with van der Waals surface area (Å²) in [5, 5.41) is 0. The Hall–Kier alpha value is -1.31. The van der Waals surface area contributed by atoms with Gasteiger partial charge in [-0.3, -0.25) is 4.79 Å². The molecule has 0 saturated heterocycles. The molecule has 1 aromatic rings. The summed E-state index contributed by atoms with van der Waals surface area (Å²) in [6.07, 6.45) is 4.31. The lowest BCUT2D eigenvalue weighted by Gasteiger charge is -2.17. The van der Waals surface area contributed by atoms with E-state index in [0.717, 1.165) is 25.0 Å². The Kier molecular flexibility index (Phi) is 6.07.